The molecule has 1 heterocycles. The van der Waals surface area contributed by atoms with E-state index in [9.17, 15) is 4.79 Å². The lowest BCUT2D eigenvalue weighted by Crippen LogP contribution is -2.15. The quantitative estimate of drug-likeness (QED) is 0.309. The number of hydrogen-bond acceptors (Lipinski definition) is 7. The lowest BCUT2D eigenvalue weighted by atomic mass is 10.1. The standard InChI is InChI=1S/C25H22N4O3/c26-23-22(18-11-13-21(14-12-18)32-20-9-5-2-6-10-20)24(29-17-28-23)27-15-16-31-25(30)19-7-3-1-4-8-19/h1-14,17H,15-16H2,(H3,26,27,28,29). The van der Waals surface area contributed by atoms with E-state index in [2.05, 4.69) is 15.3 Å². The number of nitrogens with zero attached hydrogens (tertiary/aromatic N) is 2. The van der Waals surface area contributed by atoms with Gasteiger partial charge in [0.15, 0.2) is 0 Å². The number of rotatable bonds is 8. The number of anilines is 2. The number of ether oxygens (including phenoxy) is 2. The Bertz CT molecular complexity index is 1170. The Morgan fingerprint density at radius 3 is 2.22 bits per heavy atom. The van der Waals surface area contributed by atoms with Crippen molar-refractivity contribution in [2.45, 2.75) is 0 Å². The molecule has 0 aliphatic heterocycles. The molecule has 0 saturated heterocycles. The van der Waals surface area contributed by atoms with Gasteiger partial charge in [0.2, 0.25) is 0 Å². The van der Waals surface area contributed by atoms with Gasteiger partial charge in [-0.1, -0.05) is 48.5 Å². The maximum absolute atomic E-state index is 12.1. The first-order chi connectivity index (χ1) is 15.7. The molecule has 0 spiro atoms. The van der Waals surface area contributed by atoms with Crippen LogP contribution in [0.1, 0.15) is 10.4 Å². The van der Waals surface area contributed by atoms with Crippen LogP contribution in [0.3, 0.4) is 0 Å². The third-order valence-corrected chi connectivity index (χ3v) is 4.64. The van der Waals surface area contributed by atoms with Gasteiger partial charge in [-0.15, -0.1) is 0 Å². The lowest BCUT2D eigenvalue weighted by Gasteiger charge is -2.13. The zero-order valence-corrected chi connectivity index (χ0v) is 17.3. The molecule has 0 saturated carbocycles. The number of benzene rings is 3. The highest BCUT2D eigenvalue weighted by Crippen LogP contribution is 2.32. The van der Waals surface area contributed by atoms with E-state index < -0.39 is 0 Å². The van der Waals surface area contributed by atoms with Crippen LogP contribution in [0.5, 0.6) is 11.5 Å². The molecule has 0 amide bonds. The van der Waals surface area contributed by atoms with Crippen LogP contribution in [0.2, 0.25) is 0 Å². The molecule has 32 heavy (non-hydrogen) atoms. The zero-order chi connectivity index (χ0) is 22.2. The summed E-state index contributed by atoms with van der Waals surface area (Å²) in [4.78, 5) is 20.5. The van der Waals surface area contributed by atoms with Crippen LogP contribution in [-0.4, -0.2) is 29.1 Å². The minimum absolute atomic E-state index is 0.181. The summed E-state index contributed by atoms with van der Waals surface area (Å²) in [6.07, 6.45) is 1.39. The summed E-state index contributed by atoms with van der Waals surface area (Å²) in [7, 11) is 0. The smallest absolute Gasteiger partial charge is 0.338 e. The first-order valence-electron chi connectivity index (χ1n) is 10.1. The molecule has 7 nitrogen and oxygen atoms in total. The van der Waals surface area contributed by atoms with Crippen LogP contribution in [-0.2, 0) is 4.74 Å². The van der Waals surface area contributed by atoms with Crippen LogP contribution in [0.25, 0.3) is 11.1 Å². The van der Waals surface area contributed by atoms with E-state index in [1.807, 2.05) is 60.7 Å². The van der Waals surface area contributed by atoms with Crippen molar-refractivity contribution in [2.24, 2.45) is 0 Å². The van der Waals surface area contributed by atoms with Crippen molar-refractivity contribution in [1.82, 2.24) is 9.97 Å². The van der Waals surface area contributed by atoms with Gasteiger partial charge in [-0.25, -0.2) is 14.8 Å². The predicted molar refractivity (Wildman–Crippen MR) is 124 cm³/mol. The SMILES string of the molecule is Nc1ncnc(NCCOC(=O)c2ccccc2)c1-c1ccc(Oc2ccccc2)cc1. The fourth-order valence-corrected chi connectivity index (χ4v) is 3.10. The molecular formula is C25H22N4O3. The summed E-state index contributed by atoms with van der Waals surface area (Å²) in [6, 6.07) is 25.9. The second-order valence-corrected chi connectivity index (χ2v) is 6.85. The van der Waals surface area contributed by atoms with Crippen molar-refractivity contribution in [1.29, 1.82) is 0 Å². The highest BCUT2D eigenvalue weighted by molar-refractivity contribution is 5.89. The molecule has 7 heteroatoms. The molecule has 0 bridgehead atoms. The summed E-state index contributed by atoms with van der Waals surface area (Å²) in [5, 5.41) is 3.17. The van der Waals surface area contributed by atoms with Gasteiger partial charge in [-0.3, -0.25) is 0 Å². The van der Waals surface area contributed by atoms with Crippen molar-refractivity contribution in [3.8, 4) is 22.6 Å². The van der Waals surface area contributed by atoms with Gasteiger partial charge in [-0.05, 0) is 42.0 Å². The number of nitrogens with one attached hydrogen (secondary N) is 1. The largest absolute Gasteiger partial charge is 0.460 e. The predicted octanol–water partition coefficient (Wildman–Crippen LogP) is 4.79. The topological polar surface area (TPSA) is 99.4 Å². The van der Waals surface area contributed by atoms with Gasteiger partial charge in [0, 0.05) is 0 Å². The average Bonchev–Trinajstić information content (AvgIpc) is 2.84. The number of hydrogen-bond donors (Lipinski definition) is 2. The highest BCUT2D eigenvalue weighted by Gasteiger charge is 2.12. The maximum Gasteiger partial charge on any atom is 0.338 e. The number of nitrogens with two attached hydrogens (primary N) is 1. The Kier molecular flexibility index (Phi) is 6.57. The van der Waals surface area contributed by atoms with Gasteiger partial charge in [0.1, 0.15) is 36.1 Å². The summed E-state index contributed by atoms with van der Waals surface area (Å²) in [5.41, 5.74) is 8.16. The molecule has 0 unspecified atom stereocenters. The van der Waals surface area contributed by atoms with Crippen LogP contribution < -0.4 is 15.8 Å². The molecule has 1 aromatic heterocycles. The van der Waals surface area contributed by atoms with E-state index in [-0.39, 0.29) is 12.6 Å². The van der Waals surface area contributed by atoms with Crippen LogP contribution in [0, 0.1) is 0 Å². The van der Waals surface area contributed by atoms with Gasteiger partial charge in [0.05, 0.1) is 17.7 Å². The molecule has 4 rings (SSSR count). The minimum Gasteiger partial charge on any atom is -0.460 e. The molecule has 160 valence electrons. The number of aromatic nitrogens is 2. The zero-order valence-electron chi connectivity index (χ0n) is 17.3. The average molecular weight is 426 g/mol. The van der Waals surface area contributed by atoms with Gasteiger partial charge in [-0.2, -0.15) is 0 Å². The van der Waals surface area contributed by atoms with Crippen molar-refractivity contribution < 1.29 is 14.3 Å². The molecular weight excluding hydrogens is 404 g/mol. The third kappa shape index (κ3) is 5.20. The highest BCUT2D eigenvalue weighted by atomic mass is 16.5. The monoisotopic (exact) mass is 426 g/mol. The molecule has 0 aliphatic carbocycles. The Labute approximate surface area is 185 Å². The number of nitrogen functional groups attached to an aromatic ring is 1. The fraction of sp³-hybridized carbons (Fsp3) is 0.0800. The van der Waals surface area contributed by atoms with Gasteiger partial charge in [0.25, 0.3) is 0 Å². The van der Waals surface area contributed by atoms with E-state index in [0.717, 1.165) is 11.3 Å². The first kappa shape index (κ1) is 20.9. The summed E-state index contributed by atoms with van der Waals surface area (Å²) >= 11 is 0. The van der Waals surface area contributed by atoms with Crippen LogP contribution >= 0.6 is 0 Å². The van der Waals surface area contributed by atoms with Gasteiger partial charge >= 0.3 is 5.97 Å². The summed E-state index contributed by atoms with van der Waals surface area (Å²) < 4.78 is 11.1. The molecule has 3 aromatic carbocycles. The number of para-hydroxylation sites is 1. The molecule has 0 fully saturated rings. The van der Waals surface area contributed by atoms with Gasteiger partial charge < -0.3 is 20.5 Å². The summed E-state index contributed by atoms with van der Waals surface area (Å²) in [5.74, 6) is 2.00. The second-order valence-electron chi connectivity index (χ2n) is 6.85. The van der Waals surface area contributed by atoms with E-state index in [0.29, 0.717) is 35.1 Å². The molecule has 3 N–H and O–H groups in total. The van der Waals surface area contributed by atoms with E-state index in [1.165, 1.54) is 6.33 Å². The number of carbonyl (C=O) groups is 1. The maximum atomic E-state index is 12.1. The fourth-order valence-electron chi connectivity index (χ4n) is 3.10. The van der Waals surface area contributed by atoms with Crippen molar-refractivity contribution in [3.05, 3.63) is 96.8 Å². The van der Waals surface area contributed by atoms with E-state index in [1.54, 1.807) is 24.3 Å². The molecule has 0 aliphatic rings. The Balaban J connectivity index is 1.41. The second kappa shape index (κ2) is 10.1. The summed E-state index contributed by atoms with van der Waals surface area (Å²) in [6.45, 7) is 0.554. The van der Waals surface area contributed by atoms with Crippen molar-refractivity contribution in [3.63, 3.8) is 0 Å². The molecule has 4 aromatic rings. The number of carbonyl (C=O) groups excluding carboxylic acids is 1. The first-order valence-corrected chi connectivity index (χ1v) is 10.1. The van der Waals surface area contributed by atoms with Crippen LogP contribution in [0.4, 0.5) is 11.6 Å². The third-order valence-electron chi connectivity index (χ3n) is 4.64. The van der Waals surface area contributed by atoms with E-state index in [4.69, 9.17) is 15.2 Å². The van der Waals surface area contributed by atoms with Crippen molar-refractivity contribution in [2.75, 3.05) is 24.2 Å². The lowest BCUT2D eigenvalue weighted by molar-refractivity contribution is 0.0520. The Morgan fingerprint density at radius 2 is 1.50 bits per heavy atom. The normalized spacial score (nSPS) is 10.4. The van der Waals surface area contributed by atoms with E-state index >= 15 is 0 Å². The molecule has 0 atom stereocenters. The molecule has 0 radical (unpaired) electrons. The Morgan fingerprint density at radius 1 is 0.844 bits per heavy atom. The minimum atomic E-state index is -0.371. The Hall–Kier alpha value is -4.39. The van der Waals surface area contributed by atoms with Crippen LogP contribution in [0.15, 0.2) is 91.3 Å². The van der Waals surface area contributed by atoms with Crippen molar-refractivity contribution >= 4 is 17.6 Å². The number of esters is 1.